The van der Waals surface area contributed by atoms with Crippen LogP contribution < -0.4 is 4.90 Å². The first kappa shape index (κ1) is 30.1. The Morgan fingerprint density at radius 3 is 2.65 bits per heavy atom. The number of fused-ring (bicyclic) bond motifs is 2. The van der Waals surface area contributed by atoms with E-state index in [1.165, 1.54) is 19.2 Å². The highest BCUT2D eigenvalue weighted by atomic mass is 28.4. The van der Waals surface area contributed by atoms with E-state index >= 15 is 0 Å². The summed E-state index contributed by atoms with van der Waals surface area (Å²) in [6.07, 6.45) is 1.81. The molecule has 2 fully saturated rings. The molecule has 40 heavy (non-hydrogen) atoms. The number of nitro benzene ring substituents is 1. The Hall–Kier alpha value is -2.87. The summed E-state index contributed by atoms with van der Waals surface area (Å²) in [5.74, 6) is -1.52. The molecule has 3 aliphatic rings. The van der Waals surface area contributed by atoms with E-state index in [0.717, 1.165) is 6.42 Å². The molecule has 2 saturated heterocycles. The van der Waals surface area contributed by atoms with Crippen molar-refractivity contribution in [3.63, 3.8) is 0 Å². The molecule has 2 N–H and O–H groups in total. The standard InChI is InChI=1S/C27H39N3O9Si/c1-17-25(40(3,4)37)22(15-23(32)28-13-7-8-19(28)16-31)39-27(17)20-14-18(30(35)36)10-11-21(20)29(26(27)34)12-6-5-9-24(33)38-2/h10-11,14,17,19,22,25,31,37H,5-9,12-13,15-16H2,1-4H3/t17-,19-,22+,25-,27+/m0/s1. The van der Waals surface area contributed by atoms with Crippen molar-refractivity contribution in [3.05, 3.63) is 33.9 Å². The molecule has 0 aromatic heterocycles. The predicted octanol–water partition coefficient (Wildman–Crippen LogP) is 2.46. The lowest BCUT2D eigenvalue weighted by Gasteiger charge is -2.32. The van der Waals surface area contributed by atoms with Crippen LogP contribution in [-0.2, 0) is 29.5 Å². The highest BCUT2D eigenvalue weighted by Crippen LogP contribution is 2.60. The number of unbranched alkanes of at least 4 members (excludes halogenated alkanes) is 1. The largest absolute Gasteiger partial charge is 0.469 e. The summed E-state index contributed by atoms with van der Waals surface area (Å²) in [4.78, 5) is 65.0. The maximum absolute atomic E-state index is 14.3. The molecular weight excluding hydrogens is 538 g/mol. The molecular formula is C27H39N3O9Si. The van der Waals surface area contributed by atoms with Crippen molar-refractivity contribution in [2.45, 2.75) is 81.8 Å². The van der Waals surface area contributed by atoms with Crippen LogP contribution in [0, 0.1) is 16.0 Å². The summed E-state index contributed by atoms with van der Waals surface area (Å²) in [7, 11) is -1.72. The predicted molar refractivity (Wildman–Crippen MR) is 147 cm³/mol. The number of aliphatic hydroxyl groups is 1. The minimum absolute atomic E-state index is 0.0685. The molecule has 220 valence electrons. The average Bonchev–Trinajstić information content (AvgIpc) is 3.56. The second-order valence-corrected chi connectivity index (χ2v) is 15.6. The van der Waals surface area contributed by atoms with Gasteiger partial charge in [-0.25, -0.2) is 0 Å². The van der Waals surface area contributed by atoms with Crippen molar-refractivity contribution in [1.82, 2.24) is 4.90 Å². The Kier molecular flexibility index (Phi) is 8.69. The summed E-state index contributed by atoms with van der Waals surface area (Å²) >= 11 is 0. The number of hydrogen-bond acceptors (Lipinski definition) is 9. The molecule has 1 aromatic carbocycles. The highest BCUT2D eigenvalue weighted by molar-refractivity contribution is 6.71. The third kappa shape index (κ3) is 5.27. The second-order valence-electron chi connectivity index (χ2n) is 11.6. The third-order valence-corrected chi connectivity index (χ3v) is 11.2. The van der Waals surface area contributed by atoms with Crippen molar-refractivity contribution >= 4 is 37.5 Å². The molecule has 0 aliphatic carbocycles. The zero-order valence-corrected chi connectivity index (χ0v) is 24.5. The van der Waals surface area contributed by atoms with E-state index in [0.29, 0.717) is 37.1 Å². The van der Waals surface area contributed by atoms with Crippen molar-refractivity contribution in [2.24, 2.45) is 5.92 Å². The molecule has 3 aliphatic heterocycles. The Labute approximate surface area is 234 Å². The molecule has 0 saturated carbocycles. The number of benzene rings is 1. The minimum Gasteiger partial charge on any atom is -0.469 e. The van der Waals surface area contributed by atoms with Gasteiger partial charge in [0.25, 0.3) is 11.6 Å². The zero-order chi connectivity index (χ0) is 29.4. The SMILES string of the molecule is COC(=O)CCCCN1C(=O)[C@]2(O[C@H](CC(=O)N3CCC[C@H]3CO)[C@@H]([Si](C)(C)O)[C@@H]2C)c2cc([N+](=O)[O-])ccc21. The van der Waals surface area contributed by atoms with Crippen molar-refractivity contribution in [1.29, 1.82) is 0 Å². The fourth-order valence-corrected chi connectivity index (χ4v) is 9.44. The number of non-ortho nitro benzene ring substituents is 1. The van der Waals surface area contributed by atoms with Crippen LogP contribution in [0.5, 0.6) is 0 Å². The van der Waals surface area contributed by atoms with Crippen LogP contribution >= 0.6 is 0 Å². The van der Waals surface area contributed by atoms with E-state index in [1.54, 1.807) is 29.0 Å². The number of anilines is 1. The molecule has 4 rings (SSSR count). The minimum atomic E-state index is -3.03. The van der Waals surface area contributed by atoms with Gasteiger partial charge < -0.3 is 29.2 Å². The molecule has 13 heteroatoms. The average molecular weight is 578 g/mol. The molecule has 1 spiro atoms. The number of ether oxygens (including phenoxy) is 2. The number of rotatable bonds is 10. The molecule has 2 amide bonds. The number of nitrogens with zero attached hydrogens (tertiary/aromatic N) is 3. The summed E-state index contributed by atoms with van der Waals surface area (Å²) in [5, 5.41) is 21.4. The Morgan fingerprint density at radius 1 is 1.30 bits per heavy atom. The molecule has 5 atom stereocenters. The van der Waals surface area contributed by atoms with E-state index in [-0.39, 0.29) is 55.5 Å². The van der Waals surface area contributed by atoms with Crippen LogP contribution in [0.3, 0.4) is 0 Å². The van der Waals surface area contributed by atoms with Gasteiger partial charge in [0.05, 0.1) is 42.9 Å². The number of amides is 2. The topological polar surface area (TPSA) is 160 Å². The fourth-order valence-electron chi connectivity index (χ4n) is 6.89. The number of nitro groups is 1. The van der Waals surface area contributed by atoms with E-state index < -0.39 is 36.4 Å². The number of carbonyl (C=O) groups excluding carboxylic acids is 3. The number of aliphatic hydroxyl groups excluding tert-OH is 1. The summed E-state index contributed by atoms with van der Waals surface area (Å²) < 4.78 is 11.3. The molecule has 3 heterocycles. The lowest BCUT2D eigenvalue weighted by atomic mass is 9.82. The van der Waals surface area contributed by atoms with Gasteiger partial charge in [0.1, 0.15) is 0 Å². The quantitative estimate of drug-likeness (QED) is 0.140. The Bertz CT molecular complexity index is 1170. The van der Waals surface area contributed by atoms with Crippen LogP contribution in [0.15, 0.2) is 18.2 Å². The van der Waals surface area contributed by atoms with Crippen LogP contribution in [0.2, 0.25) is 18.6 Å². The van der Waals surface area contributed by atoms with Crippen molar-refractivity contribution < 1.29 is 38.7 Å². The van der Waals surface area contributed by atoms with Crippen LogP contribution in [-0.4, -0.2) is 84.8 Å². The zero-order valence-electron chi connectivity index (χ0n) is 23.5. The summed E-state index contributed by atoms with van der Waals surface area (Å²) in [6, 6.07) is 3.99. The number of hydrogen-bond donors (Lipinski definition) is 2. The maximum Gasteiger partial charge on any atom is 0.305 e. The van der Waals surface area contributed by atoms with Gasteiger partial charge in [0.15, 0.2) is 13.9 Å². The summed E-state index contributed by atoms with van der Waals surface area (Å²) in [5.41, 5.74) is -1.45. The van der Waals surface area contributed by atoms with Crippen LogP contribution in [0.4, 0.5) is 11.4 Å². The van der Waals surface area contributed by atoms with E-state index in [9.17, 15) is 34.4 Å². The number of likely N-dealkylation sites (tertiary alicyclic amines) is 1. The van der Waals surface area contributed by atoms with Crippen molar-refractivity contribution in [3.8, 4) is 0 Å². The van der Waals surface area contributed by atoms with E-state index in [1.807, 2.05) is 6.92 Å². The monoisotopic (exact) mass is 577 g/mol. The Balaban J connectivity index is 1.70. The first-order valence-electron chi connectivity index (χ1n) is 13.8. The molecule has 0 unspecified atom stereocenters. The van der Waals surface area contributed by atoms with Gasteiger partial charge in [-0.3, -0.25) is 24.5 Å². The smallest absolute Gasteiger partial charge is 0.305 e. The summed E-state index contributed by atoms with van der Waals surface area (Å²) in [6.45, 7) is 5.96. The third-order valence-electron chi connectivity index (χ3n) is 8.70. The molecule has 12 nitrogen and oxygen atoms in total. The molecule has 1 aromatic rings. The van der Waals surface area contributed by atoms with Gasteiger partial charge in [-0.1, -0.05) is 6.92 Å². The number of methoxy groups -OCH3 is 1. The highest BCUT2D eigenvalue weighted by Gasteiger charge is 2.66. The number of esters is 1. The first-order valence-corrected chi connectivity index (χ1v) is 16.9. The molecule has 0 radical (unpaired) electrons. The normalized spacial score (nSPS) is 27.9. The first-order chi connectivity index (χ1) is 18.9. The Morgan fingerprint density at radius 2 is 2.02 bits per heavy atom. The van der Waals surface area contributed by atoms with E-state index in [2.05, 4.69) is 0 Å². The second kappa shape index (κ2) is 11.5. The van der Waals surface area contributed by atoms with Crippen molar-refractivity contribution in [2.75, 3.05) is 31.7 Å². The van der Waals surface area contributed by atoms with Crippen LogP contribution in [0.1, 0.15) is 51.0 Å². The van der Waals surface area contributed by atoms with Gasteiger partial charge >= 0.3 is 5.97 Å². The van der Waals surface area contributed by atoms with Crippen LogP contribution in [0.25, 0.3) is 0 Å². The van der Waals surface area contributed by atoms with Gasteiger partial charge in [0, 0.05) is 48.7 Å². The van der Waals surface area contributed by atoms with Gasteiger partial charge in [0.2, 0.25) is 5.91 Å². The van der Waals surface area contributed by atoms with Gasteiger partial charge in [-0.15, -0.1) is 0 Å². The maximum atomic E-state index is 14.3. The van der Waals surface area contributed by atoms with Gasteiger partial charge in [-0.2, -0.15) is 0 Å². The van der Waals surface area contributed by atoms with Gasteiger partial charge in [-0.05, 0) is 44.8 Å². The fraction of sp³-hybridized carbons (Fsp3) is 0.667. The lowest BCUT2D eigenvalue weighted by Crippen LogP contribution is -2.46. The van der Waals surface area contributed by atoms with E-state index in [4.69, 9.17) is 9.47 Å². The molecule has 0 bridgehead atoms. The number of carbonyl (C=O) groups is 3. The lowest BCUT2D eigenvalue weighted by molar-refractivity contribution is -0.385.